The molecule has 4 nitrogen and oxygen atoms in total. The Balaban J connectivity index is 1.65. The molecule has 1 fully saturated rings. The molecule has 1 aliphatic rings. The molecule has 1 atom stereocenters. The number of benzene rings is 2. The third-order valence-electron chi connectivity index (χ3n) is 5.03. The zero-order valence-electron chi connectivity index (χ0n) is 15.7. The van der Waals surface area contributed by atoms with Crippen LogP contribution in [-0.4, -0.2) is 36.5 Å². The van der Waals surface area contributed by atoms with Crippen LogP contribution < -0.4 is 11.1 Å². The van der Waals surface area contributed by atoms with Gasteiger partial charge in [-0.25, -0.2) is 8.78 Å². The molecule has 0 aliphatic carbocycles. The normalized spacial score (nSPS) is 17.4. The second-order valence-corrected chi connectivity index (χ2v) is 7.02. The van der Waals surface area contributed by atoms with E-state index in [1.54, 1.807) is 24.3 Å². The summed E-state index contributed by atoms with van der Waals surface area (Å²) < 4.78 is 26.6. The molecule has 0 spiro atoms. The van der Waals surface area contributed by atoms with Crippen LogP contribution in [-0.2, 0) is 4.79 Å². The third-order valence-corrected chi connectivity index (χ3v) is 5.03. The first-order valence-electron chi connectivity index (χ1n) is 9.47. The van der Waals surface area contributed by atoms with Gasteiger partial charge in [0.25, 0.3) is 0 Å². The Hall–Kier alpha value is -2.73. The number of nitrogens with two attached hydrogens (primary N) is 1. The fourth-order valence-corrected chi connectivity index (χ4v) is 3.50. The van der Waals surface area contributed by atoms with E-state index < -0.39 is 0 Å². The molecule has 2 aromatic carbocycles. The van der Waals surface area contributed by atoms with Crippen molar-refractivity contribution in [2.75, 3.05) is 19.6 Å². The standard InChI is InChI=1S/C22H25F2N3O/c23-18-8-4-16(5-9-18)20(17-6-10-19(24)11-7-17)3-1-2-13-27-14-12-26-21(15-27)22(25)28/h2,4-11,13,20-21,26H,1,3,12,14-15H2,(H2,25,28). The summed E-state index contributed by atoms with van der Waals surface area (Å²) in [4.78, 5) is 13.4. The lowest BCUT2D eigenvalue weighted by atomic mass is 9.87. The summed E-state index contributed by atoms with van der Waals surface area (Å²) in [6.07, 6.45) is 5.68. The molecule has 6 heteroatoms. The van der Waals surface area contributed by atoms with Gasteiger partial charge in [-0.2, -0.15) is 0 Å². The van der Waals surface area contributed by atoms with E-state index in [0.717, 1.165) is 30.5 Å². The Kier molecular flexibility index (Phi) is 6.76. The van der Waals surface area contributed by atoms with Gasteiger partial charge in [0.2, 0.25) is 5.91 Å². The maximum atomic E-state index is 13.3. The Morgan fingerprint density at radius 3 is 2.21 bits per heavy atom. The topological polar surface area (TPSA) is 58.4 Å². The van der Waals surface area contributed by atoms with Gasteiger partial charge in [0.1, 0.15) is 17.7 Å². The number of hydrogen-bond donors (Lipinski definition) is 2. The number of hydrogen-bond acceptors (Lipinski definition) is 3. The molecule has 1 heterocycles. The summed E-state index contributed by atoms with van der Waals surface area (Å²) >= 11 is 0. The van der Waals surface area contributed by atoms with Gasteiger partial charge in [-0.3, -0.25) is 4.79 Å². The number of allylic oxidation sites excluding steroid dienone is 1. The molecule has 0 saturated carbocycles. The molecule has 3 rings (SSSR count). The molecular weight excluding hydrogens is 360 g/mol. The highest BCUT2D eigenvalue weighted by atomic mass is 19.1. The average Bonchev–Trinajstić information content (AvgIpc) is 2.70. The number of rotatable bonds is 7. The molecule has 28 heavy (non-hydrogen) atoms. The molecule has 0 radical (unpaired) electrons. The summed E-state index contributed by atoms with van der Waals surface area (Å²) in [5.41, 5.74) is 7.36. The van der Waals surface area contributed by atoms with Crippen molar-refractivity contribution in [1.29, 1.82) is 0 Å². The monoisotopic (exact) mass is 385 g/mol. The van der Waals surface area contributed by atoms with E-state index in [-0.39, 0.29) is 29.5 Å². The van der Waals surface area contributed by atoms with Gasteiger partial charge in [-0.05, 0) is 54.4 Å². The maximum absolute atomic E-state index is 13.3. The molecule has 1 amide bonds. The van der Waals surface area contributed by atoms with Gasteiger partial charge in [0.15, 0.2) is 0 Å². The molecule has 2 aromatic rings. The molecule has 1 aliphatic heterocycles. The first kappa shape index (κ1) is 20.0. The smallest absolute Gasteiger partial charge is 0.236 e. The van der Waals surface area contributed by atoms with Crippen molar-refractivity contribution in [3.8, 4) is 0 Å². The van der Waals surface area contributed by atoms with Crippen LogP contribution in [0.5, 0.6) is 0 Å². The highest BCUT2D eigenvalue weighted by Crippen LogP contribution is 2.29. The fraction of sp³-hybridized carbons (Fsp3) is 0.318. The lowest BCUT2D eigenvalue weighted by Crippen LogP contribution is -2.54. The van der Waals surface area contributed by atoms with E-state index in [1.165, 1.54) is 24.3 Å². The number of halogens is 2. The number of amides is 1. The van der Waals surface area contributed by atoms with E-state index in [1.807, 2.05) is 6.20 Å². The zero-order chi connectivity index (χ0) is 19.9. The van der Waals surface area contributed by atoms with Gasteiger partial charge in [0, 0.05) is 25.6 Å². The van der Waals surface area contributed by atoms with Crippen molar-refractivity contribution in [2.45, 2.75) is 24.8 Å². The molecule has 148 valence electrons. The number of nitrogens with one attached hydrogen (secondary N) is 1. The van der Waals surface area contributed by atoms with Gasteiger partial charge < -0.3 is 16.0 Å². The Bertz CT molecular complexity index is 760. The van der Waals surface area contributed by atoms with Crippen molar-refractivity contribution < 1.29 is 13.6 Å². The quantitative estimate of drug-likeness (QED) is 0.770. The second-order valence-electron chi connectivity index (χ2n) is 7.02. The predicted molar refractivity (Wildman–Crippen MR) is 106 cm³/mol. The molecular formula is C22H25F2N3O. The van der Waals surface area contributed by atoms with Crippen molar-refractivity contribution in [3.05, 3.63) is 83.6 Å². The molecule has 1 saturated heterocycles. The summed E-state index contributed by atoms with van der Waals surface area (Å²) in [5, 5.41) is 3.10. The largest absolute Gasteiger partial charge is 0.374 e. The Labute approximate surface area is 164 Å². The van der Waals surface area contributed by atoms with Crippen LogP contribution in [0.1, 0.15) is 29.9 Å². The van der Waals surface area contributed by atoms with Crippen LogP contribution >= 0.6 is 0 Å². The van der Waals surface area contributed by atoms with Gasteiger partial charge in [-0.15, -0.1) is 0 Å². The SMILES string of the molecule is NC(=O)C1CN(C=CCCC(c2ccc(F)cc2)c2ccc(F)cc2)CCN1. The van der Waals surface area contributed by atoms with Crippen molar-refractivity contribution >= 4 is 5.91 Å². The highest BCUT2D eigenvalue weighted by molar-refractivity contribution is 5.80. The van der Waals surface area contributed by atoms with Gasteiger partial charge in [-0.1, -0.05) is 30.3 Å². The van der Waals surface area contributed by atoms with Crippen LogP contribution in [0.4, 0.5) is 8.78 Å². The second kappa shape index (κ2) is 9.46. The third kappa shape index (κ3) is 5.39. The maximum Gasteiger partial charge on any atom is 0.236 e. The molecule has 3 N–H and O–H groups in total. The summed E-state index contributed by atoms with van der Waals surface area (Å²) in [7, 11) is 0. The minimum Gasteiger partial charge on any atom is -0.374 e. The average molecular weight is 385 g/mol. The summed E-state index contributed by atoms with van der Waals surface area (Å²) in [5.74, 6) is -0.841. The van der Waals surface area contributed by atoms with Crippen molar-refractivity contribution in [2.24, 2.45) is 5.73 Å². The van der Waals surface area contributed by atoms with E-state index in [4.69, 9.17) is 5.73 Å². The van der Waals surface area contributed by atoms with Crippen molar-refractivity contribution in [3.63, 3.8) is 0 Å². The summed E-state index contributed by atoms with van der Waals surface area (Å²) in [6, 6.07) is 12.6. The van der Waals surface area contributed by atoms with E-state index >= 15 is 0 Å². The van der Waals surface area contributed by atoms with Crippen LogP contribution in [0, 0.1) is 11.6 Å². The minimum atomic E-state index is -0.342. The lowest BCUT2D eigenvalue weighted by Gasteiger charge is -2.31. The summed E-state index contributed by atoms with van der Waals surface area (Å²) in [6.45, 7) is 2.09. The Morgan fingerprint density at radius 2 is 1.68 bits per heavy atom. The first-order valence-corrected chi connectivity index (χ1v) is 9.47. The van der Waals surface area contributed by atoms with Gasteiger partial charge >= 0.3 is 0 Å². The van der Waals surface area contributed by atoms with Gasteiger partial charge in [0.05, 0.1) is 0 Å². The molecule has 0 bridgehead atoms. The van der Waals surface area contributed by atoms with E-state index in [0.29, 0.717) is 13.1 Å². The number of carbonyl (C=O) groups is 1. The van der Waals surface area contributed by atoms with Crippen molar-refractivity contribution in [1.82, 2.24) is 10.2 Å². The fourth-order valence-electron chi connectivity index (χ4n) is 3.50. The van der Waals surface area contributed by atoms with Crippen LogP contribution in [0.25, 0.3) is 0 Å². The van der Waals surface area contributed by atoms with Crippen LogP contribution in [0.15, 0.2) is 60.8 Å². The number of carbonyl (C=O) groups excluding carboxylic acids is 1. The minimum absolute atomic E-state index is 0.0484. The van der Waals surface area contributed by atoms with Crippen LogP contribution in [0.2, 0.25) is 0 Å². The lowest BCUT2D eigenvalue weighted by molar-refractivity contribution is -0.120. The van der Waals surface area contributed by atoms with E-state index in [2.05, 4.69) is 16.3 Å². The predicted octanol–water partition coefficient (Wildman–Crippen LogP) is 3.15. The number of primary amides is 1. The highest BCUT2D eigenvalue weighted by Gasteiger charge is 2.21. The van der Waals surface area contributed by atoms with E-state index in [9.17, 15) is 13.6 Å². The molecule has 0 aromatic heterocycles. The first-order chi connectivity index (χ1) is 13.5. The number of piperazine rings is 1. The Morgan fingerprint density at radius 1 is 1.11 bits per heavy atom. The van der Waals surface area contributed by atoms with Crippen LogP contribution in [0.3, 0.4) is 0 Å². The number of nitrogens with zero attached hydrogens (tertiary/aromatic N) is 1. The molecule has 1 unspecified atom stereocenters. The zero-order valence-corrected chi connectivity index (χ0v) is 15.7.